The standard InChI is InChI=1S/C20H26N2O3.C3H8/c1-5-8-16(9-6-2)13-22-15(4)12-17-18(22)10-11-21-20(17)25-14-19(23)24-7-3;1-3-2/h5,8-12H,6-7,13-14H2,1-4H3;3H2,1-2H3/b8-5-,16-9+;. The van der Waals surface area contributed by atoms with Crippen molar-refractivity contribution in [3.8, 4) is 5.88 Å². The zero-order valence-corrected chi connectivity index (χ0v) is 18.1. The van der Waals surface area contributed by atoms with Crippen LogP contribution in [0.15, 0.2) is 42.1 Å². The van der Waals surface area contributed by atoms with Gasteiger partial charge in [-0.15, -0.1) is 0 Å². The number of carbonyl (C=O) groups excluding carboxylic acids is 1. The number of hydrogen-bond donors (Lipinski definition) is 0. The molecule has 0 aliphatic carbocycles. The van der Waals surface area contributed by atoms with Crippen LogP contribution in [-0.2, 0) is 16.1 Å². The molecular weight excluding hydrogens is 352 g/mol. The zero-order chi connectivity index (χ0) is 20.9. The minimum absolute atomic E-state index is 0.135. The number of esters is 1. The summed E-state index contributed by atoms with van der Waals surface area (Å²) in [4.78, 5) is 15.8. The Morgan fingerprint density at radius 1 is 1.25 bits per heavy atom. The van der Waals surface area contributed by atoms with E-state index in [1.165, 1.54) is 12.0 Å². The predicted octanol–water partition coefficient (Wildman–Crippen LogP) is 5.62. The van der Waals surface area contributed by atoms with Gasteiger partial charge in [0.15, 0.2) is 6.61 Å². The van der Waals surface area contributed by atoms with E-state index in [-0.39, 0.29) is 6.61 Å². The molecule has 0 aromatic carbocycles. The molecule has 154 valence electrons. The van der Waals surface area contributed by atoms with E-state index in [4.69, 9.17) is 9.47 Å². The SMILES string of the molecule is C/C=C\C(=C/CC)Cn1c(C)cc2c(OCC(=O)OCC)nccc21.CCC. The van der Waals surface area contributed by atoms with Crippen LogP contribution in [0.4, 0.5) is 0 Å². The number of aromatic nitrogens is 2. The van der Waals surface area contributed by atoms with Gasteiger partial charge in [-0.1, -0.05) is 45.4 Å². The molecule has 0 saturated heterocycles. The highest BCUT2D eigenvalue weighted by molar-refractivity contribution is 5.86. The molecule has 2 aromatic heterocycles. The normalized spacial score (nSPS) is 11.4. The number of fused-ring (bicyclic) bond motifs is 1. The molecule has 0 fully saturated rings. The van der Waals surface area contributed by atoms with Crippen LogP contribution in [0, 0.1) is 6.92 Å². The Morgan fingerprint density at radius 2 is 1.96 bits per heavy atom. The van der Waals surface area contributed by atoms with Gasteiger partial charge in [0.05, 0.1) is 17.5 Å². The van der Waals surface area contributed by atoms with Crippen molar-refractivity contribution in [3.05, 3.63) is 47.8 Å². The lowest BCUT2D eigenvalue weighted by Gasteiger charge is -2.10. The summed E-state index contributed by atoms with van der Waals surface area (Å²) in [6, 6.07) is 4.01. The van der Waals surface area contributed by atoms with E-state index in [2.05, 4.69) is 55.5 Å². The van der Waals surface area contributed by atoms with Crippen molar-refractivity contribution < 1.29 is 14.3 Å². The van der Waals surface area contributed by atoms with Gasteiger partial charge >= 0.3 is 5.97 Å². The average Bonchev–Trinajstić information content (AvgIpc) is 2.97. The van der Waals surface area contributed by atoms with Gasteiger partial charge in [-0.05, 0) is 44.9 Å². The molecule has 2 heterocycles. The first kappa shape index (κ1) is 23.5. The van der Waals surface area contributed by atoms with Crippen molar-refractivity contribution in [1.29, 1.82) is 0 Å². The van der Waals surface area contributed by atoms with Crippen molar-refractivity contribution in [1.82, 2.24) is 9.55 Å². The van der Waals surface area contributed by atoms with Crippen molar-refractivity contribution in [2.75, 3.05) is 13.2 Å². The minimum Gasteiger partial charge on any atom is -0.465 e. The minimum atomic E-state index is -0.390. The van der Waals surface area contributed by atoms with Crippen LogP contribution < -0.4 is 4.74 Å². The molecule has 0 spiro atoms. The van der Waals surface area contributed by atoms with Gasteiger partial charge in [0.1, 0.15) is 0 Å². The molecule has 0 radical (unpaired) electrons. The maximum absolute atomic E-state index is 11.5. The molecule has 0 N–H and O–H groups in total. The number of nitrogens with zero attached hydrogens (tertiary/aromatic N) is 2. The number of ether oxygens (including phenoxy) is 2. The smallest absolute Gasteiger partial charge is 0.344 e. The van der Waals surface area contributed by atoms with E-state index in [0.29, 0.717) is 12.5 Å². The first-order chi connectivity index (χ1) is 13.5. The van der Waals surface area contributed by atoms with E-state index in [0.717, 1.165) is 29.6 Å². The number of aryl methyl sites for hydroxylation is 1. The summed E-state index contributed by atoms with van der Waals surface area (Å²) in [5.74, 6) is 0.0677. The van der Waals surface area contributed by atoms with Crippen molar-refractivity contribution in [2.24, 2.45) is 0 Å². The van der Waals surface area contributed by atoms with Gasteiger partial charge in [-0.3, -0.25) is 0 Å². The van der Waals surface area contributed by atoms with Gasteiger partial charge in [0, 0.05) is 18.4 Å². The average molecular weight is 387 g/mol. The Kier molecular flexibility index (Phi) is 10.7. The van der Waals surface area contributed by atoms with Gasteiger partial charge in [-0.25, -0.2) is 9.78 Å². The number of hydrogen-bond acceptors (Lipinski definition) is 4. The fourth-order valence-electron chi connectivity index (χ4n) is 2.79. The molecule has 2 aromatic rings. The monoisotopic (exact) mass is 386 g/mol. The molecule has 0 amide bonds. The molecule has 0 unspecified atom stereocenters. The quantitative estimate of drug-likeness (QED) is 0.437. The molecule has 2 rings (SSSR count). The van der Waals surface area contributed by atoms with E-state index in [9.17, 15) is 4.79 Å². The Balaban J connectivity index is 0.00000122. The molecule has 0 aliphatic heterocycles. The lowest BCUT2D eigenvalue weighted by molar-refractivity contribution is -0.145. The van der Waals surface area contributed by atoms with Crippen molar-refractivity contribution in [3.63, 3.8) is 0 Å². The number of pyridine rings is 1. The van der Waals surface area contributed by atoms with Crippen LogP contribution in [0.25, 0.3) is 10.9 Å². The van der Waals surface area contributed by atoms with Crippen LogP contribution in [0.3, 0.4) is 0 Å². The van der Waals surface area contributed by atoms with Crippen LogP contribution in [0.5, 0.6) is 5.88 Å². The third-order valence-corrected chi connectivity index (χ3v) is 3.82. The highest BCUT2D eigenvalue weighted by Gasteiger charge is 2.13. The van der Waals surface area contributed by atoms with Gasteiger partial charge < -0.3 is 14.0 Å². The lowest BCUT2D eigenvalue weighted by Crippen LogP contribution is -2.15. The number of allylic oxidation sites excluding steroid dienone is 4. The van der Waals surface area contributed by atoms with Gasteiger partial charge in [0.25, 0.3) is 0 Å². The number of rotatable bonds is 8. The topological polar surface area (TPSA) is 53.4 Å². The fraction of sp³-hybridized carbons (Fsp3) is 0.478. The second kappa shape index (κ2) is 12.8. The molecule has 0 atom stereocenters. The maximum Gasteiger partial charge on any atom is 0.344 e. The van der Waals surface area contributed by atoms with Crippen LogP contribution in [0.2, 0.25) is 0 Å². The third kappa shape index (κ3) is 6.87. The largest absolute Gasteiger partial charge is 0.465 e. The van der Waals surface area contributed by atoms with Crippen molar-refractivity contribution in [2.45, 2.75) is 60.9 Å². The summed E-state index contributed by atoms with van der Waals surface area (Å²) < 4.78 is 12.7. The molecule has 0 aliphatic rings. The maximum atomic E-state index is 11.5. The Morgan fingerprint density at radius 3 is 2.57 bits per heavy atom. The summed E-state index contributed by atoms with van der Waals surface area (Å²) >= 11 is 0. The second-order valence-electron chi connectivity index (χ2n) is 6.41. The number of carbonyl (C=O) groups is 1. The van der Waals surface area contributed by atoms with E-state index < -0.39 is 5.97 Å². The summed E-state index contributed by atoms with van der Waals surface area (Å²) in [6.45, 7) is 13.2. The summed E-state index contributed by atoms with van der Waals surface area (Å²) in [5.41, 5.74) is 3.42. The van der Waals surface area contributed by atoms with Gasteiger partial charge in [-0.2, -0.15) is 0 Å². The molecule has 28 heavy (non-hydrogen) atoms. The predicted molar refractivity (Wildman–Crippen MR) is 116 cm³/mol. The summed E-state index contributed by atoms with van der Waals surface area (Å²) in [7, 11) is 0. The first-order valence-corrected chi connectivity index (χ1v) is 10.1. The Labute approximate surface area is 169 Å². The molecule has 5 heteroatoms. The zero-order valence-electron chi connectivity index (χ0n) is 18.1. The van der Waals surface area contributed by atoms with E-state index >= 15 is 0 Å². The van der Waals surface area contributed by atoms with E-state index in [1.54, 1.807) is 13.1 Å². The molecule has 0 bridgehead atoms. The highest BCUT2D eigenvalue weighted by atomic mass is 16.6. The fourth-order valence-corrected chi connectivity index (χ4v) is 2.79. The van der Waals surface area contributed by atoms with Crippen LogP contribution in [0.1, 0.15) is 53.2 Å². The lowest BCUT2D eigenvalue weighted by atomic mass is 10.2. The Hall–Kier alpha value is -2.56. The molecule has 5 nitrogen and oxygen atoms in total. The third-order valence-electron chi connectivity index (χ3n) is 3.82. The van der Waals surface area contributed by atoms with E-state index in [1.807, 2.05) is 19.1 Å². The van der Waals surface area contributed by atoms with Gasteiger partial charge in [0.2, 0.25) is 5.88 Å². The first-order valence-electron chi connectivity index (χ1n) is 10.1. The Bertz CT molecular complexity index is 804. The second-order valence-corrected chi connectivity index (χ2v) is 6.41. The summed E-state index contributed by atoms with van der Waals surface area (Å²) in [6.07, 6.45) is 10.4. The summed E-state index contributed by atoms with van der Waals surface area (Å²) in [5, 5.41) is 0.903. The van der Waals surface area contributed by atoms with Crippen molar-refractivity contribution >= 4 is 16.9 Å². The van der Waals surface area contributed by atoms with Crippen LogP contribution in [-0.4, -0.2) is 28.7 Å². The van der Waals surface area contributed by atoms with Crippen LogP contribution >= 0.6 is 0 Å². The highest BCUT2D eigenvalue weighted by Crippen LogP contribution is 2.27. The molecule has 0 saturated carbocycles. The molecular formula is C23H34N2O3.